The predicted molar refractivity (Wildman–Crippen MR) is 89.9 cm³/mol. The molecule has 0 saturated heterocycles. The first-order valence-electron chi connectivity index (χ1n) is 7.27. The van der Waals surface area contributed by atoms with Crippen molar-refractivity contribution in [3.05, 3.63) is 78.7 Å². The van der Waals surface area contributed by atoms with Crippen LogP contribution in [0.25, 0.3) is 11.1 Å². The van der Waals surface area contributed by atoms with Gasteiger partial charge in [-0.05, 0) is 29.5 Å². The Morgan fingerprint density at radius 1 is 1.19 bits per heavy atom. The van der Waals surface area contributed by atoms with E-state index >= 15 is 0 Å². The number of nitrogens with zero attached hydrogens (tertiary/aromatic N) is 1. The molecule has 0 fully saturated rings. The van der Waals surface area contributed by atoms with Gasteiger partial charge in [0, 0.05) is 24.0 Å². The fraction of sp³-hybridized carbons (Fsp3) is 0.211. The molecule has 1 aromatic carbocycles. The Labute approximate surface area is 127 Å². The molecule has 0 aliphatic carbocycles. The molecule has 0 aliphatic heterocycles. The largest absolute Gasteiger partial charge is 0.327 e. The standard InChI is InChI=1S/C19H22N2/c1-3-16(11-12-20)15(2)13-19-10-9-18(14-21-19)17-7-5-4-6-8-17/h3-11,14-15H,1,12-13,20H2,2H3/b16-11+. The summed E-state index contributed by atoms with van der Waals surface area (Å²) >= 11 is 0. The maximum atomic E-state index is 5.58. The topological polar surface area (TPSA) is 38.9 Å². The number of pyridine rings is 1. The summed E-state index contributed by atoms with van der Waals surface area (Å²) in [6.45, 7) is 6.58. The van der Waals surface area contributed by atoms with Gasteiger partial charge in [-0.2, -0.15) is 0 Å². The molecule has 2 rings (SSSR count). The minimum atomic E-state index is 0.376. The van der Waals surface area contributed by atoms with Crippen molar-refractivity contribution in [1.82, 2.24) is 4.98 Å². The first-order valence-corrected chi connectivity index (χ1v) is 7.27. The van der Waals surface area contributed by atoms with Crippen molar-refractivity contribution in [2.45, 2.75) is 13.3 Å². The van der Waals surface area contributed by atoms with E-state index in [0.29, 0.717) is 12.5 Å². The molecule has 0 saturated carbocycles. The number of nitrogens with two attached hydrogens (primary N) is 1. The average molecular weight is 278 g/mol. The van der Waals surface area contributed by atoms with E-state index in [0.717, 1.165) is 17.7 Å². The molecule has 1 aromatic heterocycles. The van der Waals surface area contributed by atoms with Gasteiger partial charge in [0.25, 0.3) is 0 Å². The molecule has 2 heteroatoms. The Balaban J connectivity index is 2.09. The molecule has 2 nitrogen and oxygen atoms in total. The van der Waals surface area contributed by atoms with E-state index in [1.165, 1.54) is 11.1 Å². The van der Waals surface area contributed by atoms with Crippen molar-refractivity contribution in [3.63, 3.8) is 0 Å². The van der Waals surface area contributed by atoms with Crippen LogP contribution in [0.2, 0.25) is 0 Å². The summed E-state index contributed by atoms with van der Waals surface area (Å²) in [5.41, 5.74) is 10.2. The van der Waals surface area contributed by atoms with Crippen LogP contribution >= 0.6 is 0 Å². The summed E-state index contributed by atoms with van der Waals surface area (Å²) in [4.78, 5) is 4.58. The quantitative estimate of drug-likeness (QED) is 0.811. The molecule has 0 spiro atoms. The molecule has 0 aliphatic rings. The highest BCUT2D eigenvalue weighted by Gasteiger charge is 2.08. The molecule has 1 heterocycles. The van der Waals surface area contributed by atoms with Crippen molar-refractivity contribution < 1.29 is 0 Å². The molecule has 0 bridgehead atoms. The van der Waals surface area contributed by atoms with Crippen LogP contribution in [0, 0.1) is 5.92 Å². The third kappa shape index (κ3) is 4.14. The summed E-state index contributed by atoms with van der Waals surface area (Å²) < 4.78 is 0. The minimum Gasteiger partial charge on any atom is -0.327 e. The van der Waals surface area contributed by atoms with E-state index in [1.54, 1.807) is 0 Å². The van der Waals surface area contributed by atoms with E-state index in [-0.39, 0.29) is 0 Å². The van der Waals surface area contributed by atoms with E-state index in [2.05, 4.69) is 42.8 Å². The summed E-state index contributed by atoms with van der Waals surface area (Å²) in [7, 11) is 0. The van der Waals surface area contributed by atoms with Gasteiger partial charge in [-0.1, -0.05) is 62.1 Å². The van der Waals surface area contributed by atoms with Crippen LogP contribution < -0.4 is 5.73 Å². The predicted octanol–water partition coefficient (Wildman–Crippen LogP) is 4.00. The number of aromatic nitrogens is 1. The summed E-state index contributed by atoms with van der Waals surface area (Å²) in [5, 5.41) is 0. The van der Waals surface area contributed by atoms with E-state index in [1.807, 2.05) is 36.5 Å². The highest BCUT2D eigenvalue weighted by molar-refractivity contribution is 5.62. The van der Waals surface area contributed by atoms with E-state index in [4.69, 9.17) is 5.73 Å². The van der Waals surface area contributed by atoms with Crippen molar-refractivity contribution in [3.8, 4) is 11.1 Å². The normalized spacial score (nSPS) is 13.0. The van der Waals surface area contributed by atoms with Gasteiger partial charge < -0.3 is 5.73 Å². The minimum absolute atomic E-state index is 0.376. The van der Waals surface area contributed by atoms with Crippen LogP contribution in [0.4, 0.5) is 0 Å². The molecule has 108 valence electrons. The lowest BCUT2D eigenvalue weighted by molar-refractivity contribution is 0.677. The smallest absolute Gasteiger partial charge is 0.0410 e. The highest BCUT2D eigenvalue weighted by Crippen LogP contribution is 2.20. The van der Waals surface area contributed by atoms with Crippen molar-refractivity contribution >= 4 is 0 Å². The zero-order valence-corrected chi connectivity index (χ0v) is 12.5. The second-order valence-corrected chi connectivity index (χ2v) is 5.15. The molecule has 2 aromatic rings. The van der Waals surface area contributed by atoms with Crippen LogP contribution in [-0.2, 0) is 6.42 Å². The van der Waals surface area contributed by atoms with Gasteiger partial charge in [0.05, 0.1) is 0 Å². The van der Waals surface area contributed by atoms with Gasteiger partial charge in [-0.3, -0.25) is 4.98 Å². The number of rotatable bonds is 6. The highest BCUT2D eigenvalue weighted by atomic mass is 14.7. The molecule has 1 atom stereocenters. The van der Waals surface area contributed by atoms with Crippen molar-refractivity contribution in [2.75, 3.05) is 6.54 Å². The third-order valence-corrected chi connectivity index (χ3v) is 3.61. The first-order chi connectivity index (χ1) is 10.2. The Morgan fingerprint density at radius 2 is 1.95 bits per heavy atom. The van der Waals surface area contributed by atoms with Crippen molar-refractivity contribution in [2.24, 2.45) is 11.7 Å². The number of benzene rings is 1. The fourth-order valence-corrected chi connectivity index (χ4v) is 2.40. The van der Waals surface area contributed by atoms with Gasteiger partial charge in [-0.25, -0.2) is 0 Å². The molecule has 0 radical (unpaired) electrons. The lowest BCUT2D eigenvalue weighted by atomic mass is 9.95. The maximum Gasteiger partial charge on any atom is 0.0410 e. The van der Waals surface area contributed by atoms with E-state index in [9.17, 15) is 0 Å². The molecule has 1 unspecified atom stereocenters. The van der Waals surface area contributed by atoms with Gasteiger partial charge in [0.15, 0.2) is 0 Å². The first kappa shape index (κ1) is 15.2. The SMILES string of the molecule is C=C/C(=C\CN)C(C)Cc1ccc(-c2ccccc2)cn1. The Hall–Kier alpha value is -2.19. The van der Waals surface area contributed by atoms with Gasteiger partial charge >= 0.3 is 0 Å². The Morgan fingerprint density at radius 3 is 2.52 bits per heavy atom. The summed E-state index contributed by atoms with van der Waals surface area (Å²) in [5.74, 6) is 0.376. The zero-order chi connectivity index (χ0) is 15.1. The number of allylic oxidation sites excluding steroid dienone is 2. The van der Waals surface area contributed by atoms with Crippen LogP contribution in [0.5, 0.6) is 0 Å². The van der Waals surface area contributed by atoms with Gasteiger partial charge in [0.2, 0.25) is 0 Å². The van der Waals surface area contributed by atoms with Crippen LogP contribution in [0.15, 0.2) is 73.0 Å². The second-order valence-electron chi connectivity index (χ2n) is 5.15. The van der Waals surface area contributed by atoms with Crippen LogP contribution in [0.3, 0.4) is 0 Å². The average Bonchev–Trinajstić information content (AvgIpc) is 2.54. The zero-order valence-electron chi connectivity index (χ0n) is 12.5. The maximum absolute atomic E-state index is 5.58. The number of hydrogen-bond donors (Lipinski definition) is 1. The second kappa shape index (κ2) is 7.55. The van der Waals surface area contributed by atoms with E-state index < -0.39 is 0 Å². The fourth-order valence-electron chi connectivity index (χ4n) is 2.40. The molecular weight excluding hydrogens is 256 g/mol. The van der Waals surface area contributed by atoms with Gasteiger partial charge in [-0.15, -0.1) is 0 Å². The van der Waals surface area contributed by atoms with Gasteiger partial charge in [0.1, 0.15) is 0 Å². The molecule has 2 N–H and O–H groups in total. The molecule has 21 heavy (non-hydrogen) atoms. The number of hydrogen-bond acceptors (Lipinski definition) is 2. The Bertz CT molecular complexity index is 597. The lowest BCUT2D eigenvalue weighted by Crippen LogP contribution is -2.06. The monoisotopic (exact) mass is 278 g/mol. The van der Waals surface area contributed by atoms with Crippen LogP contribution in [-0.4, -0.2) is 11.5 Å². The third-order valence-electron chi connectivity index (χ3n) is 3.61. The molecular formula is C19H22N2. The summed E-state index contributed by atoms with van der Waals surface area (Å²) in [6.07, 6.45) is 6.75. The van der Waals surface area contributed by atoms with Crippen molar-refractivity contribution in [1.29, 1.82) is 0 Å². The Kier molecular flexibility index (Phi) is 5.47. The molecule has 0 amide bonds. The lowest BCUT2D eigenvalue weighted by Gasteiger charge is -2.12. The summed E-state index contributed by atoms with van der Waals surface area (Å²) in [6, 6.07) is 14.5. The van der Waals surface area contributed by atoms with Crippen LogP contribution in [0.1, 0.15) is 12.6 Å².